The topological polar surface area (TPSA) is 45.0 Å². The van der Waals surface area contributed by atoms with E-state index in [1.807, 2.05) is 13.8 Å². The zero-order valence-electron chi connectivity index (χ0n) is 11.9. The molecule has 98 valence electrons. The predicted molar refractivity (Wildman–Crippen MR) is 73.6 cm³/mol. The molecule has 0 fully saturated rings. The van der Waals surface area contributed by atoms with Gasteiger partial charge in [0.25, 0.3) is 0 Å². The highest BCUT2D eigenvalue weighted by molar-refractivity contribution is 5.38. The zero-order valence-corrected chi connectivity index (χ0v) is 11.9. The van der Waals surface area contributed by atoms with Gasteiger partial charge in [0.15, 0.2) is 0 Å². The first kappa shape index (κ1) is 14.5. The Hall–Kier alpha value is -1.53. The molecule has 0 aliphatic rings. The Morgan fingerprint density at radius 2 is 2.06 bits per heavy atom. The van der Waals surface area contributed by atoms with Crippen molar-refractivity contribution in [2.24, 2.45) is 0 Å². The van der Waals surface area contributed by atoms with Crippen molar-refractivity contribution in [1.82, 2.24) is 5.32 Å². The number of benzene rings is 1. The summed E-state index contributed by atoms with van der Waals surface area (Å²) >= 11 is 0. The van der Waals surface area contributed by atoms with Gasteiger partial charge >= 0.3 is 0 Å². The molecule has 1 N–H and O–H groups in total. The maximum atomic E-state index is 8.97. The summed E-state index contributed by atoms with van der Waals surface area (Å²) in [6, 6.07) is 8.48. The molecule has 3 heteroatoms. The second-order valence-electron chi connectivity index (χ2n) is 5.32. The molecule has 0 atom stereocenters. The summed E-state index contributed by atoms with van der Waals surface area (Å²) in [6.07, 6.45) is 0. The average Bonchev–Trinajstić information content (AvgIpc) is 2.36. The smallest absolute Gasteiger partial charge is 0.123 e. The van der Waals surface area contributed by atoms with Gasteiger partial charge in [0.2, 0.25) is 0 Å². The van der Waals surface area contributed by atoms with Gasteiger partial charge in [-0.3, -0.25) is 5.32 Å². The number of ether oxygens (including phenoxy) is 1. The van der Waals surface area contributed by atoms with Crippen LogP contribution in [0.5, 0.6) is 5.75 Å². The van der Waals surface area contributed by atoms with Crippen LogP contribution < -0.4 is 10.1 Å². The lowest BCUT2D eigenvalue weighted by molar-refractivity contribution is 0.401. The standard InChI is InChI=1S/C15H22N2O/c1-11(2)12-6-7-13(14(8-12)18-5)9-17-15(3,4)10-16/h6-8,11,17H,9H2,1-5H3. The number of rotatable bonds is 5. The highest BCUT2D eigenvalue weighted by atomic mass is 16.5. The van der Waals surface area contributed by atoms with Crippen molar-refractivity contribution in [3.05, 3.63) is 29.3 Å². The fourth-order valence-corrected chi connectivity index (χ4v) is 1.62. The molecule has 0 radical (unpaired) electrons. The monoisotopic (exact) mass is 246 g/mol. The average molecular weight is 246 g/mol. The van der Waals surface area contributed by atoms with Crippen molar-refractivity contribution in [3.8, 4) is 11.8 Å². The summed E-state index contributed by atoms with van der Waals surface area (Å²) in [5, 5.41) is 12.2. The van der Waals surface area contributed by atoms with E-state index in [1.165, 1.54) is 5.56 Å². The zero-order chi connectivity index (χ0) is 13.8. The van der Waals surface area contributed by atoms with E-state index in [1.54, 1.807) is 7.11 Å². The van der Waals surface area contributed by atoms with Crippen LogP contribution in [-0.4, -0.2) is 12.6 Å². The predicted octanol–water partition coefficient (Wildman–Crippen LogP) is 3.21. The minimum absolute atomic E-state index is 0.483. The molecule has 18 heavy (non-hydrogen) atoms. The molecule has 0 aromatic heterocycles. The van der Waals surface area contributed by atoms with E-state index in [2.05, 4.69) is 43.4 Å². The second kappa shape index (κ2) is 5.88. The Morgan fingerprint density at radius 1 is 1.39 bits per heavy atom. The highest BCUT2D eigenvalue weighted by Crippen LogP contribution is 2.25. The molecule has 3 nitrogen and oxygen atoms in total. The summed E-state index contributed by atoms with van der Waals surface area (Å²) in [5.41, 5.74) is 1.81. The largest absolute Gasteiger partial charge is 0.496 e. The van der Waals surface area contributed by atoms with Crippen LogP contribution in [0.3, 0.4) is 0 Å². The fraction of sp³-hybridized carbons (Fsp3) is 0.533. The number of hydrogen-bond acceptors (Lipinski definition) is 3. The van der Waals surface area contributed by atoms with E-state index in [0.29, 0.717) is 12.5 Å². The lowest BCUT2D eigenvalue weighted by Crippen LogP contribution is -2.37. The summed E-state index contributed by atoms with van der Waals surface area (Å²) in [5.74, 6) is 1.36. The maximum absolute atomic E-state index is 8.97. The summed E-state index contributed by atoms with van der Waals surface area (Å²) < 4.78 is 5.41. The Balaban J connectivity index is 2.87. The Morgan fingerprint density at radius 3 is 2.56 bits per heavy atom. The van der Waals surface area contributed by atoms with Gasteiger partial charge in [0, 0.05) is 12.1 Å². The normalized spacial score (nSPS) is 11.4. The van der Waals surface area contributed by atoms with E-state index < -0.39 is 5.54 Å². The van der Waals surface area contributed by atoms with Crippen LogP contribution in [-0.2, 0) is 6.54 Å². The van der Waals surface area contributed by atoms with E-state index in [4.69, 9.17) is 10.00 Å². The third-order valence-electron chi connectivity index (χ3n) is 2.98. The van der Waals surface area contributed by atoms with Crippen LogP contribution in [0.15, 0.2) is 18.2 Å². The molecule has 1 rings (SSSR count). The minimum Gasteiger partial charge on any atom is -0.496 e. The van der Waals surface area contributed by atoms with Crippen molar-refractivity contribution in [2.75, 3.05) is 7.11 Å². The SMILES string of the molecule is COc1cc(C(C)C)ccc1CNC(C)(C)C#N. The number of nitriles is 1. The fourth-order valence-electron chi connectivity index (χ4n) is 1.62. The molecule has 1 aromatic carbocycles. The Bertz CT molecular complexity index is 444. The van der Waals surface area contributed by atoms with Crippen molar-refractivity contribution in [2.45, 2.75) is 45.7 Å². The number of nitrogens with zero attached hydrogens (tertiary/aromatic N) is 1. The van der Waals surface area contributed by atoms with Crippen molar-refractivity contribution < 1.29 is 4.74 Å². The lowest BCUT2D eigenvalue weighted by atomic mass is 10.0. The van der Waals surface area contributed by atoms with Crippen LogP contribution in [0.1, 0.15) is 44.7 Å². The van der Waals surface area contributed by atoms with Gasteiger partial charge in [-0.1, -0.05) is 26.0 Å². The Kier molecular flexibility index (Phi) is 4.75. The molecule has 0 amide bonds. The molecule has 0 aliphatic carbocycles. The van der Waals surface area contributed by atoms with Crippen LogP contribution in [0.25, 0.3) is 0 Å². The van der Waals surface area contributed by atoms with E-state index in [0.717, 1.165) is 11.3 Å². The van der Waals surface area contributed by atoms with E-state index in [-0.39, 0.29) is 0 Å². The van der Waals surface area contributed by atoms with Crippen molar-refractivity contribution in [3.63, 3.8) is 0 Å². The molecular formula is C15H22N2O. The molecule has 0 unspecified atom stereocenters. The van der Waals surface area contributed by atoms with Gasteiger partial charge in [-0.05, 0) is 31.4 Å². The highest BCUT2D eigenvalue weighted by Gasteiger charge is 2.16. The van der Waals surface area contributed by atoms with Crippen LogP contribution in [0, 0.1) is 11.3 Å². The first-order valence-electron chi connectivity index (χ1n) is 6.22. The summed E-state index contributed by atoms with van der Waals surface area (Å²) in [4.78, 5) is 0. The quantitative estimate of drug-likeness (QED) is 0.867. The van der Waals surface area contributed by atoms with Crippen molar-refractivity contribution >= 4 is 0 Å². The Labute approximate surface area is 110 Å². The summed E-state index contributed by atoms with van der Waals surface area (Å²) in [7, 11) is 1.68. The van der Waals surface area contributed by atoms with Gasteiger partial charge in [-0.15, -0.1) is 0 Å². The first-order chi connectivity index (χ1) is 8.39. The third-order valence-corrected chi connectivity index (χ3v) is 2.98. The number of hydrogen-bond donors (Lipinski definition) is 1. The molecule has 0 saturated heterocycles. The maximum Gasteiger partial charge on any atom is 0.123 e. The number of nitrogens with one attached hydrogen (secondary N) is 1. The first-order valence-corrected chi connectivity index (χ1v) is 6.22. The van der Waals surface area contributed by atoms with E-state index >= 15 is 0 Å². The van der Waals surface area contributed by atoms with Crippen LogP contribution in [0.2, 0.25) is 0 Å². The van der Waals surface area contributed by atoms with Crippen molar-refractivity contribution in [1.29, 1.82) is 5.26 Å². The minimum atomic E-state index is -0.526. The number of methoxy groups -OCH3 is 1. The molecular weight excluding hydrogens is 224 g/mol. The molecule has 0 saturated carbocycles. The van der Waals surface area contributed by atoms with Crippen LogP contribution in [0.4, 0.5) is 0 Å². The molecule has 0 heterocycles. The molecule has 1 aromatic rings. The van der Waals surface area contributed by atoms with E-state index in [9.17, 15) is 0 Å². The molecule has 0 bridgehead atoms. The van der Waals surface area contributed by atoms with Gasteiger partial charge in [-0.25, -0.2) is 0 Å². The summed E-state index contributed by atoms with van der Waals surface area (Å²) in [6.45, 7) is 8.67. The molecule has 0 aliphatic heterocycles. The van der Waals surface area contributed by atoms with Crippen LogP contribution >= 0.6 is 0 Å². The van der Waals surface area contributed by atoms with Gasteiger partial charge < -0.3 is 4.74 Å². The second-order valence-corrected chi connectivity index (χ2v) is 5.32. The lowest BCUT2D eigenvalue weighted by Gasteiger charge is -2.19. The van der Waals surface area contributed by atoms with Gasteiger partial charge in [0.05, 0.1) is 13.2 Å². The third kappa shape index (κ3) is 3.75. The van der Waals surface area contributed by atoms with Gasteiger partial charge in [0.1, 0.15) is 11.3 Å². The molecule has 0 spiro atoms. The van der Waals surface area contributed by atoms with Gasteiger partial charge in [-0.2, -0.15) is 5.26 Å².